The summed E-state index contributed by atoms with van der Waals surface area (Å²) in [6, 6.07) is 14.4. The van der Waals surface area contributed by atoms with Gasteiger partial charge in [0, 0.05) is 30.7 Å². The SMILES string of the molecule is CC(NCCOc1ccc(S(=O)(=O)N2CCOCC2)cc1)c1cccc(Cl)c1. The number of halogens is 1. The van der Waals surface area contributed by atoms with Gasteiger partial charge in [-0.1, -0.05) is 23.7 Å². The Morgan fingerprint density at radius 1 is 1.18 bits per heavy atom. The largest absolute Gasteiger partial charge is 0.492 e. The van der Waals surface area contributed by atoms with Gasteiger partial charge in [0.2, 0.25) is 10.0 Å². The van der Waals surface area contributed by atoms with Crippen molar-refractivity contribution in [1.82, 2.24) is 9.62 Å². The lowest BCUT2D eigenvalue weighted by atomic mass is 10.1. The van der Waals surface area contributed by atoms with Gasteiger partial charge in [-0.05, 0) is 48.9 Å². The molecule has 0 aromatic heterocycles. The molecule has 0 bridgehead atoms. The molecule has 3 rings (SSSR count). The van der Waals surface area contributed by atoms with Crippen LogP contribution in [0, 0.1) is 0 Å². The molecule has 1 aliphatic heterocycles. The Hall–Kier alpha value is -1.64. The van der Waals surface area contributed by atoms with Gasteiger partial charge >= 0.3 is 0 Å². The lowest BCUT2D eigenvalue weighted by molar-refractivity contribution is 0.0730. The average Bonchev–Trinajstić information content (AvgIpc) is 2.72. The summed E-state index contributed by atoms with van der Waals surface area (Å²) >= 11 is 6.02. The van der Waals surface area contributed by atoms with Gasteiger partial charge in [0.25, 0.3) is 0 Å². The molecule has 2 aromatic carbocycles. The number of nitrogens with one attached hydrogen (secondary N) is 1. The monoisotopic (exact) mass is 424 g/mol. The molecule has 2 aromatic rings. The van der Waals surface area contributed by atoms with Crippen LogP contribution in [-0.2, 0) is 14.8 Å². The molecule has 0 aliphatic carbocycles. The van der Waals surface area contributed by atoms with Crippen LogP contribution in [0.3, 0.4) is 0 Å². The van der Waals surface area contributed by atoms with Crippen LogP contribution in [0.5, 0.6) is 5.75 Å². The van der Waals surface area contributed by atoms with Gasteiger partial charge in [0.05, 0.1) is 18.1 Å². The third kappa shape index (κ3) is 5.46. The average molecular weight is 425 g/mol. The van der Waals surface area contributed by atoms with E-state index in [0.29, 0.717) is 45.2 Å². The van der Waals surface area contributed by atoms with Gasteiger partial charge in [-0.15, -0.1) is 0 Å². The van der Waals surface area contributed by atoms with Crippen LogP contribution in [0.4, 0.5) is 0 Å². The van der Waals surface area contributed by atoms with Gasteiger partial charge < -0.3 is 14.8 Å². The molecule has 0 spiro atoms. The van der Waals surface area contributed by atoms with Crippen LogP contribution in [-0.4, -0.2) is 52.2 Å². The van der Waals surface area contributed by atoms with Crippen LogP contribution in [0.25, 0.3) is 0 Å². The summed E-state index contributed by atoms with van der Waals surface area (Å²) < 4.78 is 37.6. The molecule has 8 heteroatoms. The fourth-order valence-electron chi connectivity index (χ4n) is 2.98. The highest BCUT2D eigenvalue weighted by molar-refractivity contribution is 7.89. The fraction of sp³-hybridized carbons (Fsp3) is 0.400. The fourth-order valence-corrected chi connectivity index (χ4v) is 4.59. The standard InChI is InChI=1S/C20H25ClN2O4S/c1-16(17-3-2-4-18(21)15-17)22-9-12-27-19-5-7-20(8-6-19)28(24,25)23-10-13-26-14-11-23/h2-8,15-16,22H,9-14H2,1H3. The minimum atomic E-state index is -3.47. The van der Waals surface area contributed by atoms with Crippen molar-refractivity contribution in [2.45, 2.75) is 17.9 Å². The quantitative estimate of drug-likeness (QED) is 0.659. The van der Waals surface area contributed by atoms with Crippen molar-refractivity contribution in [2.75, 3.05) is 39.5 Å². The molecular weight excluding hydrogens is 400 g/mol. The van der Waals surface area contributed by atoms with Crippen molar-refractivity contribution in [2.24, 2.45) is 0 Å². The summed E-state index contributed by atoms with van der Waals surface area (Å²) in [4.78, 5) is 0.273. The highest BCUT2D eigenvalue weighted by Gasteiger charge is 2.26. The molecule has 1 saturated heterocycles. The second-order valence-electron chi connectivity index (χ2n) is 6.57. The van der Waals surface area contributed by atoms with E-state index >= 15 is 0 Å². The van der Waals surface area contributed by atoms with Crippen molar-refractivity contribution < 1.29 is 17.9 Å². The number of ether oxygens (including phenoxy) is 2. The molecule has 1 N–H and O–H groups in total. The molecule has 28 heavy (non-hydrogen) atoms. The highest BCUT2D eigenvalue weighted by Crippen LogP contribution is 2.21. The van der Waals surface area contributed by atoms with Crippen LogP contribution in [0.2, 0.25) is 5.02 Å². The van der Waals surface area contributed by atoms with Gasteiger partial charge in [0.15, 0.2) is 0 Å². The normalized spacial score (nSPS) is 16.6. The molecular formula is C20H25ClN2O4S. The number of hydrogen-bond donors (Lipinski definition) is 1. The maximum absolute atomic E-state index is 12.6. The molecule has 0 saturated carbocycles. The van der Waals surface area contributed by atoms with E-state index in [-0.39, 0.29) is 10.9 Å². The second kappa shape index (κ2) is 9.71. The Kier molecular flexibility index (Phi) is 7.31. The summed E-state index contributed by atoms with van der Waals surface area (Å²) in [5, 5.41) is 4.09. The van der Waals surface area contributed by atoms with Crippen molar-refractivity contribution in [1.29, 1.82) is 0 Å². The van der Waals surface area contributed by atoms with Crippen molar-refractivity contribution >= 4 is 21.6 Å². The summed E-state index contributed by atoms with van der Waals surface area (Å²) in [6.07, 6.45) is 0. The van der Waals surface area contributed by atoms with Gasteiger partial charge in [-0.25, -0.2) is 8.42 Å². The zero-order valence-corrected chi connectivity index (χ0v) is 17.4. The van der Waals surface area contributed by atoms with Crippen LogP contribution in [0.1, 0.15) is 18.5 Å². The predicted octanol–water partition coefficient (Wildman–Crippen LogP) is 3.09. The molecule has 0 amide bonds. The molecule has 6 nitrogen and oxygen atoms in total. The number of nitrogens with zero attached hydrogens (tertiary/aromatic N) is 1. The first-order valence-electron chi connectivity index (χ1n) is 9.26. The highest BCUT2D eigenvalue weighted by atomic mass is 35.5. The zero-order chi connectivity index (χ0) is 20.0. The first-order valence-corrected chi connectivity index (χ1v) is 11.1. The molecule has 0 radical (unpaired) electrons. The van der Waals surface area contributed by atoms with E-state index in [1.807, 2.05) is 24.3 Å². The van der Waals surface area contributed by atoms with Crippen LogP contribution >= 0.6 is 11.6 Å². The topological polar surface area (TPSA) is 67.9 Å². The van der Waals surface area contributed by atoms with Crippen molar-refractivity contribution in [3.8, 4) is 5.75 Å². The Morgan fingerprint density at radius 3 is 2.57 bits per heavy atom. The number of rotatable bonds is 8. The van der Waals surface area contributed by atoms with Gasteiger partial charge in [-0.3, -0.25) is 0 Å². The minimum absolute atomic E-state index is 0.156. The lowest BCUT2D eigenvalue weighted by Crippen LogP contribution is -2.40. The molecule has 1 heterocycles. The van der Waals surface area contributed by atoms with Gasteiger partial charge in [0.1, 0.15) is 12.4 Å². The molecule has 1 atom stereocenters. The number of morpholine rings is 1. The maximum Gasteiger partial charge on any atom is 0.243 e. The molecule has 152 valence electrons. The molecule has 1 fully saturated rings. The van der Waals surface area contributed by atoms with Crippen molar-refractivity contribution in [3.05, 3.63) is 59.1 Å². The second-order valence-corrected chi connectivity index (χ2v) is 8.94. The molecule has 1 aliphatic rings. The van der Waals surface area contributed by atoms with Crippen LogP contribution in [0.15, 0.2) is 53.4 Å². The van der Waals surface area contributed by atoms with E-state index < -0.39 is 10.0 Å². The van der Waals surface area contributed by atoms with Gasteiger partial charge in [-0.2, -0.15) is 4.31 Å². The van der Waals surface area contributed by atoms with E-state index in [4.69, 9.17) is 21.1 Å². The van der Waals surface area contributed by atoms with E-state index in [2.05, 4.69) is 12.2 Å². The number of benzene rings is 2. The summed E-state index contributed by atoms with van der Waals surface area (Å²) in [5.74, 6) is 0.637. The van der Waals surface area contributed by atoms with Crippen LogP contribution < -0.4 is 10.1 Å². The first kappa shape index (κ1) is 21.1. The summed E-state index contributed by atoms with van der Waals surface area (Å²) in [7, 11) is -3.47. The third-order valence-electron chi connectivity index (χ3n) is 4.60. The predicted molar refractivity (Wildman–Crippen MR) is 109 cm³/mol. The third-order valence-corrected chi connectivity index (χ3v) is 6.75. The van der Waals surface area contributed by atoms with Crippen molar-refractivity contribution in [3.63, 3.8) is 0 Å². The van der Waals surface area contributed by atoms with E-state index in [9.17, 15) is 8.42 Å². The molecule has 1 unspecified atom stereocenters. The zero-order valence-electron chi connectivity index (χ0n) is 15.8. The minimum Gasteiger partial charge on any atom is -0.492 e. The number of hydrogen-bond acceptors (Lipinski definition) is 5. The maximum atomic E-state index is 12.6. The first-order chi connectivity index (χ1) is 13.5. The Bertz CT molecular complexity index is 868. The summed E-state index contributed by atoms with van der Waals surface area (Å²) in [6.45, 7) is 4.83. The Balaban J connectivity index is 1.48. The van der Waals surface area contributed by atoms with E-state index in [1.54, 1.807) is 24.3 Å². The smallest absolute Gasteiger partial charge is 0.243 e. The Labute approximate surface area is 171 Å². The van der Waals surface area contributed by atoms with E-state index in [1.165, 1.54) is 4.31 Å². The van der Waals surface area contributed by atoms with E-state index in [0.717, 1.165) is 10.6 Å². The summed E-state index contributed by atoms with van der Waals surface area (Å²) in [5.41, 5.74) is 1.12. The Morgan fingerprint density at radius 2 is 1.89 bits per heavy atom. The number of sulfonamides is 1. The lowest BCUT2D eigenvalue weighted by Gasteiger charge is -2.26.